The zero-order valence-electron chi connectivity index (χ0n) is 11.9. The highest BCUT2D eigenvalue weighted by Crippen LogP contribution is 2.29. The normalized spacial score (nSPS) is 26.4. The maximum atomic E-state index is 12.4. The molecule has 5 nitrogen and oxygen atoms in total. The van der Waals surface area contributed by atoms with Crippen molar-refractivity contribution in [3.8, 4) is 0 Å². The summed E-state index contributed by atoms with van der Waals surface area (Å²) in [5.74, 6) is 0.483. The third-order valence-electron chi connectivity index (χ3n) is 4.58. The lowest BCUT2D eigenvalue weighted by molar-refractivity contribution is 0.254. The Labute approximate surface area is 117 Å². The average molecular weight is 289 g/mol. The zero-order valence-corrected chi connectivity index (χ0v) is 12.7. The fourth-order valence-corrected chi connectivity index (χ4v) is 4.84. The van der Waals surface area contributed by atoms with Gasteiger partial charge < -0.3 is 5.73 Å². The van der Waals surface area contributed by atoms with E-state index in [1.54, 1.807) is 4.31 Å². The largest absolute Gasteiger partial charge is 0.330 e. The summed E-state index contributed by atoms with van der Waals surface area (Å²) in [7, 11) is -3.33. The Morgan fingerprint density at radius 2 is 1.79 bits per heavy atom. The van der Waals surface area contributed by atoms with Crippen LogP contribution in [-0.4, -0.2) is 37.9 Å². The first-order chi connectivity index (χ1) is 8.95. The first-order valence-electron chi connectivity index (χ1n) is 7.44. The van der Waals surface area contributed by atoms with Gasteiger partial charge in [0.05, 0.1) is 0 Å². The molecule has 2 rings (SSSR count). The number of nitrogens with one attached hydrogen (secondary N) is 1. The van der Waals surface area contributed by atoms with Crippen LogP contribution in [0.25, 0.3) is 0 Å². The van der Waals surface area contributed by atoms with E-state index in [-0.39, 0.29) is 5.54 Å². The molecule has 0 amide bonds. The summed E-state index contributed by atoms with van der Waals surface area (Å²) in [6.07, 6.45) is 7.13. The molecule has 0 radical (unpaired) electrons. The summed E-state index contributed by atoms with van der Waals surface area (Å²) in [6.45, 7) is 3.91. The van der Waals surface area contributed by atoms with Crippen LogP contribution in [0, 0.1) is 5.92 Å². The number of nitrogens with two attached hydrogens (primary N) is 1. The second-order valence-electron chi connectivity index (χ2n) is 6.31. The molecule has 0 atom stereocenters. The molecule has 0 unspecified atom stereocenters. The van der Waals surface area contributed by atoms with Gasteiger partial charge in [-0.05, 0) is 45.1 Å². The second kappa shape index (κ2) is 6.08. The highest BCUT2D eigenvalue weighted by atomic mass is 32.2. The van der Waals surface area contributed by atoms with E-state index in [0.29, 0.717) is 25.6 Å². The summed E-state index contributed by atoms with van der Waals surface area (Å²) in [5, 5.41) is 0. The summed E-state index contributed by atoms with van der Waals surface area (Å²) in [6, 6.07) is 0. The van der Waals surface area contributed by atoms with Gasteiger partial charge in [0.2, 0.25) is 0 Å². The minimum absolute atomic E-state index is 0.248. The maximum Gasteiger partial charge on any atom is 0.279 e. The van der Waals surface area contributed by atoms with E-state index in [4.69, 9.17) is 5.73 Å². The molecule has 3 N–H and O–H groups in total. The van der Waals surface area contributed by atoms with Crippen LogP contribution in [0.5, 0.6) is 0 Å². The third kappa shape index (κ3) is 3.90. The van der Waals surface area contributed by atoms with Crippen molar-refractivity contribution < 1.29 is 8.42 Å². The van der Waals surface area contributed by atoms with Crippen LogP contribution < -0.4 is 10.5 Å². The summed E-state index contributed by atoms with van der Waals surface area (Å²) < 4.78 is 29.4. The number of piperidine rings is 1. The fraction of sp³-hybridized carbons (Fsp3) is 1.00. The minimum atomic E-state index is -3.33. The van der Waals surface area contributed by atoms with Gasteiger partial charge in [0.1, 0.15) is 0 Å². The molecule has 2 aliphatic rings. The molecule has 2 fully saturated rings. The molecule has 0 bridgehead atoms. The lowest BCUT2D eigenvalue weighted by Gasteiger charge is -2.38. The van der Waals surface area contributed by atoms with Crippen molar-refractivity contribution >= 4 is 10.2 Å². The quantitative estimate of drug-likeness (QED) is 0.817. The first kappa shape index (κ1) is 15.2. The van der Waals surface area contributed by atoms with E-state index in [1.165, 1.54) is 6.42 Å². The summed E-state index contributed by atoms with van der Waals surface area (Å²) in [5.41, 5.74) is 5.40. The van der Waals surface area contributed by atoms with Crippen molar-refractivity contribution in [3.63, 3.8) is 0 Å². The van der Waals surface area contributed by atoms with Gasteiger partial charge >= 0.3 is 0 Å². The lowest BCUT2D eigenvalue weighted by Crippen LogP contribution is -2.54. The van der Waals surface area contributed by atoms with Crippen LogP contribution in [0.15, 0.2) is 0 Å². The Bertz CT molecular complexity index is 383. The van der Waals surface area contributed by atoms with E-state index in [1.807, 2.05) is 6.92 Å². The van der Waals surface area contributed by atoms with Crippen LogP contribution in [0.4, 0.5) is 0 Å². The summed E-state index contributed by atoms with van der Waals surface area (Å²) >= 11 is 0. The zero-order chi connectivity index (χ0) is 13.9. The van der Waals surface area contributed by atoms with E-state index in [0.717, 1.165) is 38.5 Å². The molecule has 0 aromatic carbocycles. The Balaban J connectivity index is 1.95. The van der Waals surface area contributed by atoms with Crippen molar-refractivity contribution in [3.05, 3.63) is 0 Å². The Hall–Kier alpha value is -0.170. The fourth-order valence-electron chi connectivity index (χ4n) is 3.20. The molecule has 0 aromatic rings. The predicted octanol–water partition coefficient (Wildman–Crippen LogP) is 1.21. The van der Waals surface area contributed by atoms with E-state index < -0.39 is 10.2 Å². The van der Waals surface area contributed by atoms with Gasteiger partial charge in [-0.3, -0.25) is 0 Å². The second-order valence-corrected chi connectivity index (χ2v) is 7.98. The Kier molecular flexibility index (Phi) is 4.87. The van der Waals surface area contributed by atoms with Crippen LogP contribution in [-0.2, 0) is 10.2 Å². The molecule has 0 spiro atoms. The van der Waals surface area contributed by atoms with Gasteiger partial charge in [0.25, 0.3) is 10.2 Å². The number of hydrogen-bond donors (Lipinski definition) is 2. The van der Waals surface area contributed by atoms with Gasteiger partial charge in [0.15, 0.2) is 0 Å². The molecule has 1 heterocycles. The minimum Gasteiger partial charge on any atom is -0.330 e. The SMILES string of the molecule is CC1(NS(=O)(=O)N2CCC(CN)CC2)CCCCC1. The molecule has 1 aliphatic carbocycles. The molecular weight excluding hydrogens is 262 g/mol. The van der Waals surface area contributed by atoms with Crippen LogP contribution in [0.1, 0.15) is 51.9 Å². The maximum absolute atomic E-state index is 12.4. The van der Waals surface area contributed by atoms with Crippen LogP contribution >= 0.6 is 0 Å². The van der Waals surface area contributed by atoms with Crippen molar-refractivity contribution in [2.75, 3.05) is 19.6 Å². The highest BCUT2D eigenvalue weighted by Gasteiger charge is 2.35. The van der Waals surface area contributed by atoms with Crippen molar-refractivity contribution in [2.24, 2.45) is 11.7 Å². The Morgan fingerprint density at radius 3 is 2.32 bits per heavy atom. The first-order valence-corrected chi connectivity index (χ1v) is 8.88. The van der Waals surface area contributed by atoms with Gasteiger partial charge in [-0.15, -0.1) is 0 Å². The van der Waals surface area contributed by atoms with Gasteiger partial charge in [0, 0.05) is 18.6 Å². The van der Waals surface area contributed by atoms with E-state index in [2.05, 4.69) is 4.72 Å². The van der Waals surface area contributed by atoms with E-state index in [9.17, 15) is 8.42 Å². The van der Waals surface area contributed by atoms with Crippen LogP contribution in [0.2, 0.25) is 0 Å². The molecule has 1 saturated carbocycles. The lowest BCUT2D eigenvalue weighted by atomic mass is 9.84. The van der Waals surface area contributed by atoms with Gasteiger partial charge in [-0.25, -0.2) is 0 Å². The van der Waals surface area contributed by atoms with Gasteiger partial charge in [-0.2, -0.15) is 17.4 Å². The number of nitrogens with zero attached hydrogens (tertiary/aromatic N) is 1. The smallest absolute Gasteiger partial charge is 0.279 e. The number of rotatable bonds is 4. The molecule has 112 valence electrons. The third-order valence-corrected chi connectivity index (χ3v) is 6.37. The molecule has 0 aromatic heterocycles. The average Bonchev–Trinajstić information content (AvgIpc) is 2.38. The molecule has 19 heavy (non-hydrogen) atoms. The molecule has 1 saturated heterocycles. The highest BCUT2D eigenvalue weighted by molar-refractivity contribution is 7.87. The monoisotopic (exact) mass is 289 g/mol. The van der Waals surface area contributed by atoms with Crippen molar-refractivity contribution in [2.45, 2.75) is 57.4 Å². The number of hydrogen-bond acceptors (Lipinski definition) is 3. The van der Waals surface area contributed by atoms with Crippen molar-refractivity contribution in [1.29, 1.82) is 0 Å². The molecule has 6 heteroatoms. The topological polar surface area (TPSA) is 75.4 Å². The standard InChI is InChI=1S/C13H27N3O2S/c1-13(7-3-2-4-8-13)15-19(17,18)16-9-5-12(11-14)6-10-16/h12,15H,2-11,14H2,1H3. The predicted molar refractivity (Wildman–Crippen MR) is 76.9 cm³/mol. The van der Waals surface area contributed by atoms with E-state index >= 15 is 0 Å². The van der Waals surface area contributed by atoms with Crippen LogP contribution in [0.3, 0.4) is 0 Å². The molecule has 1 aliphatic heterocycles. The summed E-state index contributed by atoms with van der Waals surface area (Å²) in [4.78, 5) is 0. The van der Waals surface area contributed by atoms with Crippen molar-refractivity contribution in [1.82, 2.24) is 9.03 Å². The molecular formula is C13H27N3O2S. The van der Waals surface area contributed by atoms with Gasteiger partial charge in [-0.1, -0.05) is 19.3 Å². The Morgan fingerprint density at radius 1 is 1.21 bits per heavy atom.